The first-order chi connectivity index (χ1) is 6.82. The highest BCUT2D eigenvalue weighted by Gasteiger charge is 2.36. The Morgan fingerprint density at radius 3 is 2.73 bits per heavy atom. The van der Waals surface area contributed by atoms with Crippen LogP contribution in [-0.2, 0) is 17.4 Å². The molecule has 0 spiro atoms. The lowest BCUT2D eigenvalue weighted by atomic mass is 10.0. The van der Waals surface area contributed by atoms with Crippen molar-refractivity contribution in [1.29, 1.82) is 0 Å². The van der Waals surface area contributed by atoms with Crippen LogP contribution < -0.4 is 0 Å². The number of H-pyrrole nitrogens is 1. The molecule has 0 aliphatic heterocycles. The van der Waals surface area contributed by atoms with E-state index in [1.807, 2.05) is 5.10 Å². The maximum atomic E-state index is 12.3. The van der Waals surface area contributed by atoms with E-state index < -0.39 is 23.8 Å². The number of carboxylic acid groups (broad SMARTS) is 1. The second kappa shape index (κ2) is 3.92. The SMILES string of the molecule is CC(Cc1cn[nH]c1C(F)(F)F)C(=O)O. The van der Waals surface area contributed by atoms with Gasteiger partial charge < -0.3 is 5.11 Å². The molecule has 0 fully saturated rings. The molecule has 4 nitrogen and oxygen atoms in total. The molecular formula is C8H9F3N2O2. The Bertz CT molecular complexity index is 359. The minimum Gasteiger partial charge on any atom is -0.481 e. The highest BCUT2D eigenvalue weighted by Crippen LogP contribution is 2.30. The third-order valence-corrected chi connectivity index (χ3v) is 1.95. The second-order valence-electron chi connectivity index (χ2n) is 3.21. The van der Waals surface area contributed by atoms with Crippen molar-refractivity contribution < 1.29 is 23.1 Å². The molecule has 1 atom stereocenters. The number of carbonyl (C=O) groups is 1. The van der Waals surface area contributed by atoms with Crippen molar-refractivity contribution in [2.45, 2.75) is 19.5 Å². The van der Waals surface area contributed by atoms with E-state index in [4.69, 9.17) is 5.11 Å². The number of aromatic nitrogens is 2. The van der Waals surface area contributed by atoms with E-state index in [-0.39, 0.29) is 12.0 Å². The van der Waals surface area contributed by atoms with Crippen LogP contribution >= 0.6 is 0 Å². The summed E-state index contributed by atoms with van der Waals surface area (Å²) in [5.74, 6) is -2.01. The molecule has 0 bridgehead atoms. The molecule has 1 rings (SSSR count). The molecule has 2 N–H and O–H groups in total. The summed E-state index contributed by atoms with van der Waals surface area (Å²) < 4.78 is 36.9. The fourth-order valence-electron chi connectivity index (χ4n) is 1.13. The molecule has 1 heterocycles. The van der Waals surface area contributed by atoms with Gasteiger partial charge in [-0.15, -0.1) is 0 Å². The van der Waals surface area contributed by atoms with E-state index in [2.05, 4.69) is 5.10 Å². The van der Waals surface area contributed by atoms with Crippen molar-refractivity contribution in [2.75, 3.05) is 0 Å². The Balaban J connectivity index is 2.87. The lowest BCUT2D eigenvalue weighted by molar-refractivity contribution is -0.144. The van der Waals surface area contributed by atoms with E-state index in [0.717, 1.165) is 6.20 Å². The van der Waals surface area contributed by atoms with Gasteiger partial charge >= 0.3 is 12.1 Å². The Morgan fingerprint density at radius 1 is 1.67 bits per heavy atom. The van der Waals surface area contributed by atoms with Gasteiger partial charge in [0.1, 0.15) is 5.69 Å². The van der Waals surface area contributed by atoms with Crippen molar-refractivity contribution in [1.82, 2.24) is 10.2 Å². The third-order valence-electron chi connectivity index (χ3n) is 1.95. The molecule has 0 aromatic carbocycles. The zero-order valence-electron chi connectivity index (χ0n) is 7.80. The van der Waals surface area contributed by atoms with Crippen LogP contribution in [0.5, 0.6) is 0 Å². The lowest BCUT2D eigenvalue weighted by Crippen LogP contribution is -2.15. The monoisotopic (exact) mass is 222 g/mol. The quantitative estimate of drug-likeness (QED) is 0.817. The van der Waals surface area contributed by atoms with Crippen LogP contribution in [0.1, 0.15) is 18.2 Å². The zero-order chi connectivity index (χ0) is 11.6. The van der Waals surface area contributed by atoms with Gasteiger partial charge in [0.25, 0.3) is 0 Å². The number of rotatable bonds is 3. The van der Waals surface area contributed by atoms with Gasteiger partial charge in [-0.05, 0) is 6.42 Å². The summed E-state index contributed by atoms with van der Waals surface area (Å²) in [7, 11) is 0. The maximum absolute atomic E-state index is 12.3. The molecule has 0 aliphatic carbocycles. The Morgan fingerprint density at radius 2 is 2.27 bits per heavy atom. The number of hydrogen-bond acceptors (Lipinski definition) is 2. The summed E-state index contributed by atoms with van der Waals surface area (Å²) in [4.78, 5) is 10.5. The average molecular weight is 222 g/mol. The summed E-state index contributed by atoms with van der Waals surface area (Å²) in [6, 6.07) is 0. The van der Waals surface area contributed by atoms with Gasteiger partial charge in [-0.3, -0.25) is 9.89 Å². The summed E-state index contributed by atoms with van der Waals surface area (Å²) >= 11 is 0. The minimum absolute atomic E-state index is 0.127. The predicted molar refractivity (Wildman–Crippen MR) is 44.1 cm³/mol. The summed E-state index contributed by atoms with van der Waals surface area (Å²) in [5.41, 5.74) is -1.10. The first-order valence-corrected chi connectivity index (χ1v) is 4.14. The van der Waals surface area contributed by atoms with Crippen molar-refractivity contribution in [2.24, 2.45) is 5.92 Å². The highest BCUT2D eigenvalue weighted by molar-refractivity contribution is 5.69. The first-order valence-electron chi connectivity index (χ1n) is 4.14. The Hall–Kier alpha value is -1.53. The van der Waals surface area contributed by atoms with Gasteiger partial charge in [-0.1, -0.05) is 6.92 Å². The summed E-state index contributed by atoms with van der Waals surface area (Å²) in [5, 5.41) is 13.6. The largest absolute Gasteiger partial charge is 0.481 e. The molecule has 7 heteroatoms. The zero-order valence-corrected chi connectivity index (χ0v) is 7.80. The molecule has 0 radical (unpaired) electrons. The van der Waals surface area contributed by atoms with E-state index >= 15 is 0 Å². The van der Waals surface area contributed by atoms with Crippen molar-refractivity contribution in [3.63, 3.8) is 0 Å². The van der Waals surface area contributed by atoms with Crippen molar-refractivity contribution in [3.8, 4) is 0 Å². The van der Waals surface area contributed by atoms with Gasteiger partial charge in [0.2, 0.25) is 0 Å². The van der Waals surface area contributed by atoms with Crippen LogP contribution in [0.2, 0.25) is 0 Å². The average Bonchev–Trinajstić information content (AvgIpc) is 2.50. The topological polar surface area (TPSA) is 66.0 Å². The van der Waals surface area contributed by atoms with Gasteiger partial charge in [-0.25, -0.2) is 0 Å². The van der Waals surface area contributed by atoms with Gasteiger partial charge in [0.05, 0.1) is 12.1 Å². The number of nitrogens with one attached hydrogen (secondary N) is 1. The normalized spacial score (nSPS) is 13.9. The molecule has 1 unspecified atom stereocenters. The fraction of sp³-hybridized carbons (Fsp3) is 0.500. The van der Waals surface area contributed by atoms with E-state index in [9.17, 15) is 18.0 Å². The van der Waals surface area contributed by atoms with Gasteiger partial charge in [-0.2, -0.15) is 18.3 Å². The number of hydrogen-bond donors (Lipinski definition) is 2. The van der Waals surface area contributed by atoms with E-state index in [1.54, 1.807) is 0 Å². The molecule has 1 aromatic heterocycles. The van der Waals surface area contributed by atoms with Crippen LogP contribution in [0.3, 0.4) is 0 Å². The molecule has 0 amide bonds. The maximum Gasteiger partial charge on any atom is 0.433 e. The number of halogens is 3. The van der Waals surface area contributed by atoms with Crippen LogP contribution in [0, 0.1) is 5.92 Å². The number of carboxylic acids is 1. The number of alkyl halides is 3. The Kier molecular flexibility index (Phi) is 3.01. The van der Waals surface area contributed by atoms with Gasteiger partial charge in [0, 0.05) is 5.56 Å². The molecule has 1 aromatic rings. The van der Waals surface area contributed by atoms with Crippen LogP contribution in [-0.4, -0.2) is 21.3 Å². The number of nitrogens with zero attached hydrogens (tertiary/aromatic N) is 1. The molecule has 0 saturated carbocycles. The summed E-state index contributed by atoms with van der Waals surface area (Å²) in [6.45, 7) is 1.34. The smallest absolute Gasteiger partial charge is 0.433 e. The second-order valence-corrected chi connectivity index (χ2v) is 3.21. The van der Waals surface area contributed by atoms with E-state index in [1.165, 1.54) is 6.92 Å². The lowest BCUT2D eigenvalue weighted by Gasteiger charge is -2.08. The molecule has 0 aliphatic rings. The van der Waals surface area contributed by atoms with Gasteiger partial charge in [0.15, 0.2) is 0 Å². The van der Waals surface area contributed by atoms with Crippen LogP contribution in [0.25, 0.3) is 0 Å². The predicted octanol–water partition coefficient (Wildman–Crippen LogP) is 1.69. The molecule has 84 valence electrons. The van der Waals surface area contributed by atoms with E-state index in [0.29, 0.717) is 0 Å². The highest BCUT2D eigenvalue weighted by atomic mass is 19.4. The standard InChI is InChI=1S/C8H9F3N2O2/c1-4(7(14)15)2-5-3-12-13-6(5)8(9,10)11/h3-4H,2H2,1H3,(H,12,13)(H,14,15). The fourth-order valence-corrected chi connectivity index (χ4v) is 1.13. The number of aromatic amines is 1. The first kappa shape index (κ1) is 11.5. The summed E-state index contributed by atoms with van der Waals surface area (Å²) in [6.07, 6.45) is -3.72. The Labute approximate surface area is 83.1 Å². The minimum atomic E-state index is -4.52. The third kappa shape index (κ3) is 2.71. The molecule has 15 heavy (non-hydrogen) atoms. The van der Waals surface area contributed by atoms with Crippen molar-refractivity contribution >= 4 is 5.97 Å². The molecular weight excluding hydrogens is 213 g/mol. The number of aliphatic carboxylic acids is 1. The molecule has 0 saturated heterocycles. The van der Waals surface area contributed by atoms with Crippen LogP contribution in [0.4, 0.5) is 13.2 Å². The van der Waals surface area contributed by atoms with Crippen molar-refractivity contribution in [3.05, 3.63) is 17.5 Å². The van der Waals surface area contributed by atoms with Crippen LogP contribution in [0.15, 0.2) is 6.20 Å².